The van der Waals surface area contributed by atoms with Crippen molar-refractivity contribution in [2.75, 3.05) is 0 Å². The quantitative estimate of drug-likeness (QED) is 0.794. The Morgan fingerprint density at radius 2 is 1.84 bits per heavy atom. The van der Waals surface area contributed by atoms with Crippen LogP contribution >= 0.6 is 0 Å². The fourth-order valence-corrected chi connectivity index (χ4v) is 3.26. The molecule has 5 heteroatoms. The second kappa shape index (κ2) is 5.02. The van der Waals surface area contributed by atoms with E-state index in [1.807, 2.05) is 0 Å². The van der Waals surface area contributed by atoms with Crippen molar-refractivity contribution in [1.29, 1.82) is 0 Å². The zero-order valence-electron chi connectivity index (χ0n) is 11.9. The number of hydrogen-bond acceptors (Lipinski definition) is 3. The van der Waals surface area contributed by atoms with Crippen LogP contribution in [0, 0.1) is 5.92 Å². The summed E-state index contributed by atoms with van der Waals surface area (Å²) in [5.41, 5.74) is -0.590. The molecule has 1 saturated carbocycles. The van der Waals surface area contributed by atoms with E-state index in [2.05, 4.69) is 0 Å². The van der Waals surface area contributed by atoms with Crippen LogP contribution in [0.4, 0.5) is 4.79 Å². The van der Waals surface area contributed by atoms with E-state index in [4.69, 9.17) is 4.74 Å². The van der Waals surface area contributed by atoms with Gasteiger partial charge in [0.25, 0.3) is 0 Å². The van der Waals surface area contributed by atoms with Gasteiger partial charge in [-0.3, -0.25) is 4.90 Å². The van der Waals surface area contributed by atoms with Gasteiger partial charge in [-0.25, -0.2) is 9.59 Å². The minimum absolute atomic E-state index is 0.0460. The van der Waals surface area contributed by atoms with Crippen LogP contribution in [0.5, 0.6) is 0 Å². The summed E-state index contributed by atoms with van der Waals surface area (Å²) in [4.78, 5) is 25.1. The van der Waals surface area contributed by atoms with Crippen LogP contribution in [-0.2, 0) is 9.53 Å². The van der Waals surface area contributed by atoms with Gasteiger partial charge in [0.2, 0.25) is 0 Å². The molecule has 1 saturated heterocycles. The molecule has 3 atom stereocenters. The molecule has 0 aromatic rings. The molecule has 0 radical (unpaired) electrons. The van der Waals surface area contributed by atoms with Gasteiger partial charge in [-0.15, -0.1) is 0 Å². The number of ether oxygens (including phenoxy) is 1. The highest BCUT2D eigenvalue weighted by molar-refractivity contribution is 5.81. The number of amides is 1. The minimum atomic E-state index is -0.916. The standard InChI is InChI=1S/C14H23NO4/c1-14(2,3)19-13(18)15-10-7-5-4-6-9(10)8-11(15)12(16)17/h9-11H,4-8H2,1-3H3,(H,16,17)/t9-,10-,11+/m1/s1. The molecule has 0 aromatic carbocycles. The van der Waals surface area contributed by atoms with Crippen LogP contribution < -0.4 is 0 Å². The Bertz CT molecular complexity index is 374. The number of fused-ring (bicyclic) bond motifs is 1. The van der Waals surface area contributed by atoms with Gasteiger partial charge in [-0.05, 0) is 46.0 Å². The van der Waals surface area contributed by atoms with Crippen molar-refractivity contribution < 1.29 is 19.4 Å². The zero-order chi connectivity index (χ0) is 14.2. The summed E-state index contributed by atoms with van der Waals surface area (Å²) in [6, 6.07) is -0.673. The third-order valence-corrected chi connectivity index (χ3v) is 3.98. The maximum absolute atomic E-state index is 12.3. The van der Waals surface area contributed by atoms with Crippen molar-refractivity contribution in [2.45, 2.75) is 70.6 Å². The predicted octanol–water partition coefficient (Wildman–Crippen LogP) is 2.64. The first-order valence-electron chi connectivity index (χ1n) is 7.04. The number of carboxylic acids is 1. The molecule has 0 spiro atoms. The highest BCUT2D eigenvalue weighted by atomic mass is 16.6. The largest absolute Gasteiger partial charge is 0.480 e. The first-order chi connectivity index (χ1) is 8.79. The summed E-state index contributed by atoms with van der Waals surface area (Å²) in [6.07, 6.45) is 4.21. The lowest BCUT2D eigenvalue weighted by atomic mass is 9.85. The van der Waals surface area contributed by atoms with Crippen LogP contribution in [0.25, 0.3) is 0 Å². The van der Waals surface area contributed by atoms with Gasteiger partial charge in [0.05, 0.1) is 0 Å². The van der Waals surface area contributed by atoms with E-state index < -0.39 is 23.7 Å². The van der Waals surface area contributed by atoms with Crippen LogP contribution in [0.1, 0.15) is 52.9 Å². The van der Waals surface area contributed by atoms with Crippen LogP contribution in [-0.4, -0.2) is 39.8 Å². The fourth-order valence-electron chi connectivity index (χ4n) is 3.26. The van der Waals surface area contributed by atoms with E-state index in [-0.39, 0.29) is 6.04 Å². The predicted molar refractivity (Wildman–Crippen MR) is 69.9 cm³/mol. The molecule has 0 aromatic heterocycles. The van der Waals surface area contributed by atoms with E-state index in [0.29, 0.717) is 12.3 Å². The average Bonchev–Trinajstić information content (AvgIpc) is 2.65. The van der Waals surface area contributed by atoms with Gasteiger partial charge in [0.15, 0.2) is 0 Å². The van der Waals surface area contributed by atoms with Gasteiger partial charge in [0.1, 0.15) is 11.6 Å². The van der Waals surface area contributed by atoms with Gasteiger partial charge in [-0.1, -0.05) is 12.8 Å². The minimum Gasteiger partial charge on any atom is -0.480 e. The van der Waals surface area contributed by atoms with Crippen LogP contribution in [0.15, 0.2) is 0 Å². The lowest BCUT2D eigenvalue weighted by Gasteiger charge is -2.34. The number of aliphatic carboxylic acids is 1. The third-order valence-electron chi connectivity index (χ3n) is 3.98. The number of carboxylic acid groups (broad SMARTS) is 1. The molecular formula is C14H23NO4. The molecule has 0 unspecified atom stereocenters. The molecule has 1 aliphatic carbocycles. The zero-order valence-corrected chi connectivity index (χ0v) is 11.9. The summed E-state index contributed by atoms with van der Waals surface area (Å²) in [5.74, 6) is -0.595. The normalized spacial score (nSPS) is 30.9. The highest BCUT2D eigenvalue weighted by Gasteiger charge is 2.48. The molecular weight excluding hydrogens is 246 g/mol. The van der Waals surface area contributed by atoms with Crippen LogP contribution in [0.2, 0.25) is 0 Å². The second-order valence-electron chi connectivity index (χ2n) is 6.59. The SMILES string of the molecule is CC(C)(C)OC(=O)N1[C@@H]2CCCC[C@@H]2C[C@H]1C(=O)O. The van der Waals surface area contributed by atoms with Gasteiger partial charge < -0.3 is 9.84 Å². The lowest BCUT2D eigenvalue weighted by molar-refractivity contribution is -0.142. The molecule has 1 aliphatic heterocycles. The smallest absolute Gasteiger partial charge is 0.411 e. The van der Waals surface area contributed by atoms with Crippen molar-refractivity contribution in [3.63, 3.8) is 0 Å². The van der Waals surface area contributed by atoms with E-state index in [9.17, 15) is 14.7 Å². The molecule has 0 bridgehead atoms. The Balaban J connectivity index is 2.17. The maximum Gasteiger partial charge on any atom is 0.411 e. The Morgan fingerprint density at radius 1 is 1.21 bits per heavy atom. The molecule has 1 heterocycles. The van der Waals surface area contributed by atoms with E-state index in [1.165, 1.54) is 4.90 Å². The molecule has 108 valence electrons. The van der Waals surface area contributed by atoms with Crippen molar-refractivity contribution in [3.05, 3.63) is 0 Å². The first-order valence-corrected chi connectivity index (χ1v) is 7.04. The van der Waals surface area contributed by atoms with E-state index in [0.717, 1.165) is 25.7 Å². The molecule has 5 nitrogen and oxygen atoms in total. The molecule has 1 amide bonds. The molecule has 2 rings (SSSR count). The van der Waals surface area contributed by atoms with E-state index >= 15 is 0 Å². The van der Waals surface area contributed by atoms with Crippen molar-refractivity contribution in [2.24, 2.45) is 5.92 Å². The summed E-state index contributed by atoms with van der Waals surface area (Å²) >= 11 is 0. The first kappa shape index (κ1) is 14.2. The maximum atomic E-state index is 12.3. The summed E-state index contributed by atoms with van der Waals surface area (Å²) < 4.78 is 5.37. The van der Waals surface area contributed by atoms with Gasteiger partial charge >= 0.3 is 12.1 Å². The summed E-state index contributed by atoms with van der Waals surface area (Å²) in [7, 11) is 0. The number of carbonyl (C=O) groups is 2. The van der Waals surface area contributed by atoms with Crippen molar-refractivity contribution in [1.82, 2.24) is 4.90 Å². The molecule has 2 aliphatic rings. The number of nitrogens with zero attached hydrogens (tertiary/aromatic N) is 1. The van der Waals surface area contributed by atoms with Crippen molar-refractivity contribution >= 4 is 12.1 Å². The second-order valence-corrected chi connectivity index (χ2v) is 6.59. The number of likely N-dealkylation sites (tertiary alicyclic amines) is 1. The molecule has 2 fully saturated rings. The Hall–Kier alpha value is -1.26. The fraction of sp³-hybridized carbons (Fsp3) is 0.857. The molecule has 1 N–H and O–H groups in total. The monoisotopic (exact) mass is 269 g/mol. The number of rotatable bonds is 1. The Morgan fingerprint density at radius 3 is 2.42 bits per heavy atom. The van der Waals surface area contributed by atoms with Crippen LogP contribution in [0.3, 0.4) is 0 Å². The summed E-state index contributed by atoms with van der Waals surface area (Å²) in [5, 5.41) is 9.33. The highest BCUT2D eigenvalue weighted by Crippen LogP contribution is 2.40. The topological polar surface area (TPSA) is 66.8 Å². The average molecular weight is 269 g/mol. The number of carbonyl (C=O) groups excluding carboxylic acids is 1. The molecule has 19 heavy (non-hydrogen) atoms. The Labute approximate surface area is 113 Å². The third kappa shape index (κ3) is 3.01. The Kier molecular flexibility index (Phi) is 3.74. The van der Waals surface area contributed by atoms with E-state index in [1.54, 1.807) is 20.8 Å². The van der Waals surface area contributed by atoms with Crippen molar-refractivity contribution in [3.8, 4) is 0 Å². The summed E-state index contributed by atoms with van der Waals surface area (Å²) in [6.45, 7) is 5.40. The van der Waals surface area contributed by atoms with Gasteiger partial charge in [0, 0.05) is 6.04 Å². The number of hydrogen-bond donors (Lipinski definition) is 1. The van der Waals surface area contributed by atoms with Gasteiger partial charge in [-0.2, -0.15) is 0 Å². The lowest BCUT2D eigenvalue weighted by Crippen LogP contribution is -2.48.